The molecular formula is C18H16O7. The molecule has 0 aliphatic rings. The summed E-state index contributed by atoms with van der Waals surface area (Å²) in [6.07, 6.45) is 0. The van der Waals surface area contributed by atoms with Gasteiger partial charge in [-0.25, -0.2) is 0 Å². The number of phenols is 2. The first kappa shape index (κ1) is 16.5. The van der Waals surface area contributed by atoms with Gasteiger partial charge in [-0.3, -0.25) is 4.79 Å². The molecule has 0 spiro atoms. The van der Waals surface area contributed by atoms with E-state index < -0.39 is 11.2 Å². The van der Waals surface area contributed by atoms with Gasteiger partial charge >= 0.3 is 0 Å². The molecule has 0 saturated heterocycles. The molecule has 1 aromatic heterocycles. The fourth-order valence-electron chi connectivity index (χ4n) is 2.69. The van der Waals surface area contributed by atoms with Crippen LogP contribution in [0.1, 0.15) is 0 Å². The molecule has 0 amide bonds. The van der Waals surface area contributed by atoms with Gasteiger partial charge in [-0.1, -0.05) is 6.07 Å². The van der Waals surface area contributed by atoms with Crippen molar-refractivity contribution in [1.82, 2.24) is 0 Å². The molecule has 2 aromatic carbocycles. The molecule has 3 rings (SSSR count). The lowest BCUT2D eigenvalue weighted by molar-refractivity contribution is 0.367. The van der Waals surface area contributed by atoms with E-state index >= 15 is 0 Å². The Labute approximate surface area is 142 Å². The van der Waals surface area contributed by atoms with Crippen molar-refractivity contribution >= 4 is 11.0 Å². The Morgan fingerprint density at radius 3 is 2.12 bits per heavy atom. The first-order valence-corrected chi connectivity index (χ1v) is 7.30. The first-order valence-electron chi connectivity index (χ1n) is 7.30. The number of phenolic OH excluding ortho intramolecular Hbond substituents is 2. The Morgan fingerprint density at radius 1 is 0.920 bits per heavy atom. The normalized spacial score (nSPS) is 10.7. The van der Waals surface area contributed by atoms with E-state index in [1.54, 1.807) is 18.2 Å². The van der Waals surface area contributed by atoms with Gasteiger partial charge in [0.25, 0.3) is 0 Å². The number of hydrogen-bond acceptors (Lipinski definition) is 7. The van der Waals surface area contributed by atoms with Crippen LogP contribution >= 0.6 is 0 Å². The van der Waals surface area contributed by atoms with Gasteiger partial charge < -0.3 is 28.8 Å². The van der Waals surface area contributed by atoms with Crippen molar-refractivity contribution in [1.29, 1.82) is 0 Å². The fraction of sp³-hybridized carbons (Fsp3) is 0.167. The Kier molecular flexibility index (Phi) is 4.14. The van der Waals surface area contributed by atoms with E-state index in [2.05, 4.69) is 0 Å². The van der Waals surface area contributed by atoms with E-state index in [1.807, 2.05) is 0 Å². The van der Waals surface area contributed by atoms with Crippen molar-refractivity contribution in [3.8, 4) is 40.1 Å². The maximum absolute atomic E-state index is 12.5. The third kappa shape index (κ3) is 2.59. The van der Waals surface area contributed by atoms with Crippen LogP contribution in [0.15, 0.2) is 39.5 Å². The number of rotatable bonds is 4. The number of aromatic hydroxyl groups is 2. The van der Waals surface area contributed by atoms with Crippen molar-refractivity contribution in [3.05, 3.63) is 40.6 Å². The monoisotopic (exact) mass is 344 g/mol. The predicted octanol–water partition coefficient (Wildman–Crippen LogP) is 2.90. The number of ether oxygens (including phenoxy) is 3. The number of benzene rings is 2. The quantitative estimate of drug-likeness (QED) is 0.751. The van der Waals surface area contributed by atoms with Crippen LogP contribution in [-0.4, -0.2) is 31.5 Å². The Bertz CT molecular complexity index is 982. The molecule has 0 aliphatic heterocycles. The van der Waals surface area contributed by atoms with Gasteiger partial charge in [-0.05, 0) is 12.1 Å². The molecule has 7 nitrogen and oxygen atoms in total. The molecular weight excluding hydrogens is 328 g/mol. The molecule has 1 heterocycles. The van der Waals surface area contributed by atoms with Crippen LogP contribution < -0.4 is 19.6 Å². The molecule has 7 heteroatoms. The Morgan fingerprint density at radius 2 is 1.56 bits per heavy atom. The van der Waals surface area contributed by atoms with Crippen LogP contribution in [0.4, 0.5) is 0 Å². The lowest BCUT2D eigenvalue weighted by atomic mass is 10.1. The fourth-order valence-corrected chi connectivity index (χ4v) is 2.69. The highest BCUT2D eigenvalue weighted by Crippen LogP contribution is 2.43. The molecule has 0 saturated carbocycles. The summed E-state index contributed by atoms with van der Waals surface area (Å²) in [6, 6.07) is 7.37. The van der Waals surface area contributed by atoms with Crippen molar-refractivity contribution in [3.63, 3.8) is 0 Å². The van der Waals surface area contributed by atoms with Crippen LogP contribution in [0.25, 0.3) is 22.3 Å². The molecule has 0 atom stereocenters. The molecule has 0 aliphatic carbocycles. The summed E-state index contributed by atoms with van der Waals surface area (Å²) in [5.74, 6) is 0.214. The van der Waals surface area contributed by atoms with Gasteiger partial charge in [-0.15, -0.1) is 0 Å². The maximum atomic E-state index is 12.5. The van der Waals surface area contributed by atoms with Crippen LogP contribution in [-0.2, 0) is 0 Å². The van der Waals surface area contributed by atoms with Crippen LogP contribution in [0.2, 0.25) is 0 Å². The first-order chi connectivity index (χ1) is 12.0. The van der Waals surface area contributed by atoms with Gasteiger partial charge in [-0.2, -0.15) is 0 Å². The average molecular weight is 344 g/mol. The Hall–Kier alpha value is -3.35. The summed E-state index contributed by atoms with van der Waals surface area (Å²) >= 11 is 0. The zero-order chi connectivity index (χ0) is 18.1. The van der Waals surface area contributed by atoms with Crippen molar-refractivity contribution in [2.24, 2.45) is 0 Å². The number of fused-ring (bicyclic) bond motifs is 1. The largest absolute Gasteiger partial charge is 0.507 e. The summed E-state index contributed by atoms with van der Waals surface area (Å²) in [5.41, 5.74) is -0.146. The molecule has 3 aromatic rings. The number of hydrogen-bond donors (Lipinski definition) is 2. The average Bonchev–Trinajstić information content (AvgIpc) is 2.60. The lowest BCUT2D eigenvalue weighted by Crippen LogP contribution is -2.03. The summed E-state index contributed by atoms with van der Waals surface area (Å²) < 4.78 is 21.6. The smallest absolute Gasteiger partial charge is 0.204 e. The van der Waals surface area contributed by atoms with E-state index in [0.717, 1.165) is 6.07 Å². The van der Waals surface area contributed by atoms with E-state index in [4.69, 9.17) is 18.6 Å². The highest BCUT2D eigenvalue weighted by Gasteiger charge is 2.21. The molecule has 2 N–H and O–H groups in total. The van der Waals surface area contributed by atoms with Gasteiger partial charge in [0.05, 0.1) is 21.3 Å². The van der Waals surface area contributed by atoms with Crippen molar-refractivity contribution in [2.45, 2.75) is 0 Å². The van der Waals surface area contributed by atoms with Crippen LogP contribution in [0, 0.1) is 0 Å². The SMILES string of the molecule is COc1cccc(OC)c1-c1cc(=O)c2c(O)cc(O)c(OC)c2o1. The molecule has 0 bridgehead atoms. The van der Waals surface area contributed by atoms with E-state index in [9.17, 15) is 15.0 Å². The summed E-state index contributed by atoms with van der Waals surface area (Å²) in [5, 5.41) is 19.8. The standard InChI is InChI=1S/C18H16O7/c1-22-12-5-4-6-13(23-2)16(12)14-8-10(20)15-9(19)7-11(21)17(24-3)18(15)25-14/h4-8,19,21H,1-3H3. The third-order valence-electron chi connectivity index (χ3n) is 3.79. The van der Waals surface area contributed by atoms with Crippen molar-refractivity contribution < 1.29 is 28.8 Å². The van der Waals surface area contributed by atoms with E-state index in [1.165, 1.54) is 27.4 Å². The summed E-state index contributed by atoms with van der Waals surface area (Å²) in [7, 11) is 4.28. The minimum Gasteiger partial charge on any atom is -0.507 e. The second kappa shape index (κ2) is 6.27. The second-order valence-corrected chi connectivity index (χ2v) is 5.16. The van der Waals surface area contributed by atoms with Gasteiger partial charge in [0.1, 0.15) is 34.0 Å². The lowest BCUT2D eigenvalue weighted by Gasteiger charge is -2.14. The highest BCUT2D eigenvalue weighted by molar-refractivity contribution is 5.92. The molecule has 0 fully saturated rings. The summed E-state index contributed by atoms with van der Waals surface area (Å²) in [6.45, 7) is 0. The van der Waals surface area contributed by atoms with Gasteiger partial charge in [0, 0.05) is 12.1 Å². The molecule has 25 heavy (non-hydrogen) atoms. The third-order valence-corrected chi connectivity index (χ3v) is 3.79. The molecule has 0 unspecified atom stereocenters. The van der Waals surface area contributed by atoms with Crippen LogP contribution in [0.3, 0.4) is 0 Å². The minimum absolute atomic E-state index is 0.0550. The van der Waals surface area contributed by atoms with Crippen molar-refractivity contribution in [2.75, 3.05) is 21.3 Å². The van der Waals surface area contributed by atoms with Gasteiger partial charge in [0.15, 0.2) is 16.8 Å². The summed E-state index contributed by atoms with van der Waals surface area (Å²) in [4.78, 5) is 12.5. The zero-order valence-corrected chi connectivity index (χ0v) is 13.8. The number of methoxy groups -OCH3 is 3. The maximum Gasteiger partial charge on any atom is 0.204 e. The van der Waals surface area contributed by atoms with Crippen LogP contribution in [0.5, 0.6) is 28.7 Å². The van der Waals surface area contributed by atoms with Gasteiger partial charge in [0.2, 0.25) is 5.75 Å². The van der Waals surface area contributed by atoms with E-state index in [0.29, 0.717) is 17.1 Å². The van der Waals surface area contributed by atoms with E-state index in [-0.39, 0.29) is 28.2 Å². The predicted molar refractivity (Wildman–Crippen MR) is 90.9 cm³/mol. The topological polar surface area (TPSA) is 98.4 Å². The molecule has 0 radical (unpaired) electrons. The highest BCUT2D eigenvalue weighted by atomic mass is 16.5. The zero-order valence-electron chi connectivity index (χ0n) is 13.8. The minimum atomic E-state index is -0.500. The second-order valence-electron chi connectivity index (χ2n) is 5.16. The Balaban J connectivity index is 2.43. The molecule has 130 valence electrons.